The van der Waals surface area contributed by atoms with Crippen molar-refractivity contribution < 1.29 is 14.3 Å². The summed E-state index contributed by atoms with van der Waals surface area (Å²) in [4.78, 5) is 6.86. The highest BCUT2D eigenvalue weighted by atomic mass is 79.9. The molecule has 6 heteroatoms. The summed E-state index contributed by atoms with van der Waals surface area (Å²) in [6.45, 7) is 2.32. The summed E-state index contributed by atoms with van der Waals surface area (Å²) in [5.74, 6) is 6.63. The van der Waals surface area contributed by atoms with Crippen LogP contribution in [-0.2, 0) is 11.3 Å². The molecule has 0 aromatic heterocycles. The molecular formula is C13H19BrN2O3. The highest BCUT2D eigenvalue weighted by Crippen LogP contribution is 2.36. The average Bonchev–Trinajstić information content (AvgIpc) is 2.36. The van der Waals surface area contributed by atoms with Crippen molar-refractivity contribution in [2.45, 2.75) is 12.5 Å². The van der Waals surface area contributed by atoms with Gasteiger partial charge >= 0.3 is 0 Å². The summed E-state index contributed by atoms with van der Waals surface area (Å²) in [5.41, 5.74) is 1.03. The molecule has 2 N–H and O–H groups in total. The second-order valence-electron chi connectivity index (χ2n) is 4.68. The monoisotopic (exact) mass is 330 g/mol. The number of hydrogen-bond donors (Lipinski definition) is 1. The Morgan fingerprint density at radius 1 is 1.42 bits per heavy atom. The van der Waals surface area contributed by atoms with E-state index in [1.165, 1.54) is 0 Å². The van der Waals surface area contributed by atoms with Crippen LogP contribution in [0.2, 0.25) is 0 Å². The van der Waals surface area contributed by atoms with Crippen molar-refractivity contribution in [3.8, 4) is 11.5 Å². The van der Waals surface area contributed by atoms with Gasteiger partial charge in [-0.3, -0.25) is 4.90 Å². The van der Waals surface area contributed by atoms with E-state index in [0.717, 1.165) is 34.6 Å². The standard InChI is InChI=1S/C13H19BrN2O3/c1-16-7-11(8-16)19-13-9(3-4-18-15)5-10(14)6-12(13)17-2/h5-6,11H,3-4,7-8,15H2,1-2H3. The third-order valence-electron chi connectivity index (χ3n) is 3.12. The molecule has 1 aliphatic rings. The quantitative estimate of drug-likeness (QED) is 0.802. The molecule has 0 bridgehead atoms. The lowest BCUT2D eigenvalue weighted by Gasteiger charge is -2.36. The molecule has 5 nitrogen and oxygen atoms in total. The van der Waals surface area contributed by atoms with Crippen LogP contribution in [0.3, 0.4) is 0 Å². The number of benzene rings is 1. The second-order valence-corrected chi connectivity index (χ2v) is 5.59. The first kappa shape index (κ1) is 14.6. The lowest BCUT2D eigenvalue weighted by molar-refractivity contribution is 0.0358. The van der Waals surface area contributed by atoms with E-state index in [2.05, 4.69) is 32.7 Å². The van der Waals surface area contributed by atoms with Gasteiger partial charge in [-0.1, -0.05) is 15.9 Å². The molecule has 0 saturated carbocycles. The Labute approximate surface area is 121 Å². The number of ether oxygens (including phenoxy) is 2. The Hall–Kier alpha value is -0.820. The van der Waals surface area contributed by atoms with E-state index in [0.29, 0.717) is 13.0 Å². The van der Waals surface area contributed by atoms with E-state index in [1.807, 2.05) is 12.1 Å². The van der Waals surface area contributed by atoms with E-state index in [4.69, 9.17) is 15.4 Å². The molecule has 1 heterocycles. The molecule has 0 radical (unpaired) electrons. The fraction of sp³-hybridized carbons (Fsp3) is 0.538. The molecule has 0 spiro atoms. The predicted molar refractivity (Wildman–Crippen MR) is 76.5 cm³/mol. The summed E-state index contributed by atoms with van der Waals surface area (Å²) in [7, 11) is 3.71. The Kier molecular flexibility index (Phi) is 5.04. The van der Waals surface area contributed by atoms with Crippen LogP contribution >= 0.6 is 15.9 Å². The van der Waals surface area contributed by atoms with E-state index in [9.17, 15) is 0 Å². The zero-order valence-corrected chi connectivity index (χ0v) is 12.8. The van der Waals surface area contributed by atoms with Gasteiger partial charge in [0.1, 0.15) is 6.10 Å². The zero-order valence-electron chi connectivity index (χ0n) is 11.2. The molecule has 0 amide bonds. The average molecular weight is 331 g/mol. The summed E-state index contributed by atoms with van der Waals surface area (Å²) in [6, 6.07) is 3.92. The van der Waals surface area contributed by atoms with Gasteiger partial charge in [-0.25, -0.2) is 5.90 Å². The molecule has 1 saturated heterocycles. The Bertz CT molecular complexity index is 436. The number of likely N-dealkylation sites (N-methyl/N-ethyl adjacent to an activating group) is 1. The van der Waals surface area contributed by atoms with Gasteiger partial charge in [0.15, 0.2) is 11.5 Å². The lowest BCUT2D eigenvalue weighted by Crippen LogP contribution is -2.51. The van der Waals surface area contributed by atoms with E-state index in [1.54, 1.807) is 7.11 Å². The van der Waals surface area contributed by atoms with Crippen molar-refractivity contribution in [2.75, 3.05) is 33.9 Å². The maximum Gasteiger partial charge on any atom is 0.165 e. The molecule has 1 fully saturated rings. The second kappa shape index (κ2) is 6.56. The minimum Gasteiger partial charge on any atom is -0.493 e. The third-order valence-corrected chi connectivity index (χ3v) is 3.58. The highest BCUT2D eigenvalue weighted by Gasteiger charge is 2.27. The number of likely N-dealkylation sites (tertiary alicyclic amines) is 1. The van der Waals surface area contributed by atoms with Crippen LogP contribution in [0.25, 0.3) is 0 Å². The molecule has 0 unspecified atom stereocenters. The van der Waals surface area contributed by atoms with Crippen LogP contribution in [0.15, 0.2) is 16.6 Å². The van der Waals surface area contributed by atoms with Crippen LogP contribution in [0, 0.1) is 0 Å². The molecule has 0 atom stereocenters. The normalized spacial score (nSPS) is 16.2. The Morgan fingerprint density at radius 2 is 2.16 bits per heavy atom. The molecule has 1 aromatic rings. The molecule has 1 aliphatic heterocycles. The molecule has 1 aromatic carbocycles. The van der Waals surface area contributed by atoms with E-state index >= 15 is 0 Å². The molecular weight excluding hydrogens is 312 g/mol. The fourth-order valence-corrected chi connectivity index (χ4v) is 2.63. The number of nitrogens with zero attached hydrogens (tertiary/aromatic N) is 1. The van der Waals surface area contributed by atoms with Gasteiger partial charge < -0.3 is 14.3 Å². The van der Waals surface area contributed by atoms with Gasteiger partial charge in [-0.2, -0.15) is 0 Å². The lowest BCUT2D eigenvalue weighted by atomic mass is 10.1. The molecule has 106 valence electrons. The maximum atomic E-state index is 6.04. The van der Waals surface area contributed by atoms with Crippen molar-refractivity contribution in [1.29, 1.82) is 0 Å². The number of rotatable bonds is 6. The third kappa shape index (κ3) is 3.60. The van der Waals surface area contributed by atoms with Gasteiger partial charge in [0, 0.05) is 29.5 Å². The summed E-state index contributed by atoms with van der Waals surface area (Å²) in [5, 5.41) is 0. The van der Waals surface area contributed by atoms with Gasteiger partial charge in [-0.15, -0.1) is 0 Å². The van der Waals surface area contributed by atoms with Gasteiger partial charge in [0.2, 0.25) is 0 Å². The summed E-state index contributed by atoms with van der Waals surface area (Å²) < 4.78 is 12.4. The zero-order chi connectivity index (χ0) is 13.8. The molecule has 0 aliphatic carbocycles. The van der Waals surface area contributed by atoms with Crippen LogP contribution < -0.4 is 15.4 Å². The molecule has 19 heavy (non-hydrogen) atoms. The topological polar surface area (TPSA) is 57.0 Å². The first-order chi connectivity index (χ1) is 9.13. The number of hydrogen-bond acceptors (Lipinski definition) is 5. The van der Waals surface area contributed by atoms with Crippen LogP contribution in [0.5, 0.6) is 11.5 Å². The Balaban J connectivity index is 2.20. The van der Waals surface area contributed by atoms with Crippen molar-refractivity contribution in [3.05, 3.63) is 22.2 Å². The SMILES string of the molecule is COc1cc(Br)cc(CCON)c1OC1CN(C)C1. The fourth-order valence-electron chi connectivity index (χ4n) is 2.15. The number of nitrogens with two attached hydrogens (primary N) is 1. The summed E-state index contributed by atoms with van der Waals surface area (Å²) >= 11 is 3.47. The predicted octanol–water partition coefficient (Wildman–Crippen LogP) is 1.58. The smallest absolute Gasteiger partial charge is 0.165 e. The van der Waals surface area contributed by atoms with Crippen molar-refractivity contribution in [1.82, 2.24) is 4.90 Å². The van der Waals surface area contributed by atoms with Crippen LogP contribution in [0.4, 0.5) is 0 Å². The van der Waals surface area contributed by atoms with E-state index in [-0.39, 0.29) is 6.10 Å². The Morgan fingerprint density at radius 3 is 2.74 bits per heavy atom. The first-order valence-electron chi connectivity index (χ1n) is 6.17. The molecule has 2 rings (SSSR count). The number of halogens is 1. The largest absolute Gasteiger partial charge is 0.493 e. The number of methoxy groups -OCH3 is 1. The summed E-state index contributed by atoms with van der Waals surface area (Å²) in [6.07, 6.45) is 0.905. The minimum absolute atomic E-state index is 0.220. The van der Waals surface area contributed by atoms with Crippen LogP contribution in [-0.4, -0.2) is 44.9 Å². The van der Waals surface area contributed by atoms with E-state index < -0.39 is 0 Å². The van der Waals surface area contributed by atoms with Crippen LogP contribution in [0.1, 0.15) is 5.56 Å². The van der Waals surface area contributed by atoms with Crippen molar-refractivity contribution in [3.63, 3.8) is 0 Å². The van der Waals surface area contributed by atoms with Crippen molar-refractivity contribution in [2.24, 2.45) is 5.90 Å². The minimum atomic E-state index is 0.220. The first-order valence-corrected chi connectivity index (χ1v) is 6.96. The highest BCUT2D eigenvalue weighted by molar-refractivity contribution is 9.10. The van der Waals surface area contributed by atoms with Gasteiger partial charge in [-0.05, 0) is 19.2 Å². The van der Waals surface area contributed by atoms with Gasteiger partial charge in [0.25, 0.3) is 0 Å². The maximum absolute atomic E-state index is 6.04. The van der Waals surface area contributed by atoms with Crippen molar-refractivity contribution >= 4 is 15.9 Å². The van der Waals surface area contributed by atoms with Gasteiger partial charge in [0.05, 0.1) is 13.7 Å².